The second-order valence-corrected chi connectivity index (χ2v) is 5.66. The molecule has 2 rings (SSSR count). The van der Waals surface area contributed by atoms with Crippen LogP contribution in [0.5, 0.6) is 0 Å². The van der Waals surface area contributed by atoms with Crippen LogP contribution in [0.1, 0.15) is 28.2 Å². The molecule has 2 heterocycles. The molecule has 126 valence electrons. The second-order valence-electron chi connectivity index (χ2n) is 5.66. The minimum Gasteiger partial charge on any atom is -0.383 e. The minimum atomic E-state index is -0.119. The van der Waals surface area contributed by atoms with Crippen molar-refractivity contribution in [2.75, 3.05) is 40.4 Å². The number of carbonyl (C=O) groups excluding carboxylic acids is 1. The van der Waals surface area contributed by atoms with E-state index in [4.69, 9.17) is 9.26 Å². The third-order valence-corrected chi connectivity index (χ3v) is 3.67. The molecule has 0 radical (unpaired) electrons. The predicted octanol–water partition coefficient (Wildman–Crippen LogP) is 1.54. The topological polar surface area (TPSA) is 80.5 Å². The summed E-state index contributed by atoms with van der Waals surface area (Å²) >= 11 is 0. The van der Waals surface area contributed by atoms with Crippen LogP contribution in [0, 0.1) is 13.8 Å². The predicted molar refractivity (Wildman–Crippen MR) is 87.6 cm³/mol. The summed E-state index contributed by atoms with van der Waals surface area (Å²) in [4.78, 5) is 18.9. The van der Waals surface area contributed by atoms with Crippen molar-refractivity contribution in [3.8, 4) is 0 Å². The maximum atomic E-state index is 12.4. The smallest absolute Gasteiger partial charge is 0.258 e. The highest BCUT2D eigenvalue weighted by Gasteiger charge is 2.17. The fourth-order valence-corrected chi connectivity index (χ4v) is 2.40. The van der Waals surface area contributed by atoms with Crippen molar-refractivity contribution >= 4 is 17.0 Å². The molecular weight excluding hydrogens is 296 g/mol. The van der Waals surface area contributed by atoms with Crippen LogP contribution in [-0.4, -0.2) is 61.3 Å². The molecule has 0 aliphatic carbocycles. The first-order chi connectivity index (χ1) is 11.0. The van der Waals surface area contributed by atoms with E-state index in [9.17, 15) is 4.79 Å². The summed E-state index contributed by atoms with van der Waals surface area (Å²) in [5.74, 6) is -0.119. The molecule has 0 fully saturated rings. The van der Waals surface area contributed by atoms with Crippen LogP contribution in [0.4, 0.5) is 0 Å². The fourth-order valence-electron chi connectivity index (χ4n) is 2.40. The molecule has 2 aromatic heterocycles. The van der Waals surface area contributed by atoms with Gasteiger partial charge in [0.2, 0.25) is 0 Å². The van der Waals surface area contributed by atoms with E-state index in [2.05, 4.69) is 20.4 Å². The Morgan fingerprint density at radius 3 is 2.91 bits per heavy atom. The molecule has 0 unspecified atom stereocenters. The summed E-state index contributed by atoms with van der Waals surface area (Å²) < 4.78 is 10.2. The van der Waals surface area contributed by atoms with Crippen LogP contribution in [0.15, 0.2) is 10.6 Å². The number of fused-ring (bicyclic) bond motifs is 1. The second kappa shape index (κ2) is 8.03. The van der Waals surface area contributed by atoms with E-state index in [0.29, 0.717) is 35.5 Å². The normalized spacial score (nSPS) is 11.3. The van der Waals surface area contributed by atoms with Gasteiger partial charge in [0.25, 0.3) is 11.6 Å². The van der Waals surface area contributed by atoms with Crippen molar-refractivity contribution in [2.45, 2.75) is 20.3 Å². The summed E-state index contributed by atoms with van der Waals surface area (Å²) in [7, 11) is 3.73. The first-order valence-corrected chi connectivity index (χ1v) is 7.72. The zero-order chi connectivity index (χ0) is 16.8. The molecule has 0 aliphatic heterocycles. The summed E-state index contributed by atoms with van der Waals surface area (Å²) in [6.45, 7) is 6.76. The number of likely N-dealkylation sites (N-methyl/N-ethyl adjacent to an activating group) is 1. The van der Waals surface area contributed by atoms with Gasteiger partial charge in [-0.25, -0.2) is 4.98 Å². The molecule has 0 saturated heterocycles. The molecule has 0 spiro atoms. The minimum absolute atomic E-state index is 0.119. The maximum Gasteiger partial charge on any atom is 0.258 e. The van der Waals surface area contributed by atoms with Crippen LogP contribution in [-0.2, 0) is 4.74 Å². The molecule has 0 bridgehead atoms. The standard InChI is InChI=1S/C16H24N4O3/c1-11-10-13(14-12(2)19-23-16(14)18-11)15(21)17-6-5-7-20(3)8-9-22-4/h10H,5-9H2,1-4H3,(H,17,21). The van der Waals surface area contributed by atoms with Gasteiger partial charge in [0.15, 0.2) is 0 Å². The Labute approximate surface area is 136 Å². The van der Waals surface area contributed by atoms with Crippen molar-refractivity contribution in [1.82, 2.24) is 20.4 Å². The van der Waals surface area contributed by atoms with Gasteiger partial charge >= 0.3 is 0 Å². The molecule has 7 nitrogen and oxygen atoms in total. The van der Waals surface area contributed by atoms with Gasteiger partial charge in [-0.15, -0.1) is 0 Å². The van der Waals surface area contributed by atoms with Crippen LogP contribution in [0.25, 0.3) is 11.1 Å². The number of carbonyl (C=O) groups is 1. The Kier molecular flexibility index (Phi) is 6.06. The first-order valence-electron chi connectivity index (χ1n) is 7.72. The zero-order valence-corrected chi connectivity index (χ0v) is 14.2. The van der Waals surface area contributed by atoms with E-state index in [1.54, 1.807) is 13.2 Å². The lowest BCUT2D eigenvalue weighted by atomic mass is 10.1. The van der Waals surface area contributed by atoms with Crippen molar-refractivity contribution < 1.29 is 14.1 Å². The van der Waals surface area contributed by atoms with Crippen LogP contribution in [0.3, 0.4) is 0 Å². The highest BCUT2D eigenvalue weighted by atomic mass is 16.5. The number of ether oxygens (including phenoxy) is 1. The molecule has 0 aromatic carbocycles. The van der Waals surface area contributed by atoms with E-state index in [0.717, 1.165) is 25.2 Å². The average Bonchev–Trinajstić information content (AvgIpc) is 2.89. The lowest BCUT2D eigenvalue weighted by Gasteiger charge is -2.15. The first kappa shape index (κ1) is 17.4. The highest BCUT2D eigenvalue weighted by Crippen LogP contribution is 2.21. The number of hydrogen-bond donors (Lipinski definition) is 1. The summed E-state index contributed by atoms with van der Waals surface area (Å²) in [6, 6.07) is 1.77. The number of nitrogens with zero attached hydrogens (tertiary/aromatic N) is 3. The summed E-state index contributed by atoms with van der Waals surface area (Å²) in [6.07, 6.45) is 0.877. The molecule has 1 N–H and O–H groups in total. The van der Waals surface area contributed by atoms with Gasteiger partial charge in [0.1, 0.15) is 0 Å². The Balaban J connectivity index is 1.93. The molecule has 0 saturated carbocycles. The number of hydrogen-bond acceptors (Lipinski definition) is 6. The van der Waals surface area contributed by atoms with E-state index in [1.807, 2.05) is 20.9 Å². The molecule has 1 amide bonds. The summed E-state index contributed by atoms with van der Waals surface area (Å²) in [5.41, 5.74) is 2.39. The number of rotatable bonds is 8. The van der Waals surface area contributed by atoms with Gasteiger partial charge in [0.05, 0.1) is 23.3 Å². The van der Waals surface area contributed by atoms with Crippen LogP contribution in [0.2, 0.25) is 0 Å². The Hall–Kier alpha value is -1.99. The number of amides is 1. The summed E-state index contributed by atoms with van der Waals surface area (Å²) in [5, 5.41) is 7.53. The van der Waals surface area contributed by atoms with Crippen molar-refractivity contribution in [1.29, 1.82) is 0 Å². The van der Waals surface area contributed by atoms with Crippen molar-refractivity contribution in [3.63, 3.8) is 0 Å². The number of aryl methyl sites for hydroxylation is 2. The SMILES string of the molecule is COCCN(C)CCCNC(=O)c1cc(C)nc2onc(C)c12. The number of nitrogens with one attached hydrogen (secondary N) is 1. The third kappa shape index (κ3) is 4.49. The number of aromatic nitrogens is 2. The third-order valence-electron chi connectivity index (χ3n) is 3.67. The zero-order valence-electron chi connectivity index (χ0n) is 14.2. The monoisotopic (exact) mass is 320 g/mol. The Morgan fingerprint density at radius 1 is 1.39 bits per heavy atom. The van der Waals surface area contributed by atoms with Crippen molar-refractivity contribution in [3.05, 3.63) is 23.0 Å². The lowest BCUT2D eigenvalue weighted by Crippen LogP contribution is -2.29. The van der Waals surface area contributed by atoms with Gasteiger partial charge in [-0.1, -0.05) is 5.16 Å². The van der Waals surface area contributed by atoms with E-state index in [-0.39, 0.29) is 5.91 Å². The van der Waals surface area contributed by atoms with Gasteiger partial charge in [-0.05, 0) is 39.9 Å². The van der Waals surface area contributed by atoms with Gasteiger partial charge in [-0.3, -0.25) is 4.79 Å². The molecular formula is C16H24N4O3. The van der Waals surface area contributed by atoms with E-state index in [1.165, 1.54) is 0 Å². The van der Waals surface area contributed by atoms with Gasteiger partial charge < -0.3 is 19.5 Å². The quantitative estimate of drug-likeness (QED) is 0.743. The van der Waals surface area contributed by atoms with Crippen LogP contribution < -0.4 is 5.32 Å². The Bertz CT molecular complexity index is 669. The molecule has 0 aliphatic rings. The van der Waals surface area contributed by atoms with Crippen LogP contribution >= 0.6 is 0 Å². The van der Waals surface area contributed by atoms with Gasteiger partial charge in [0, 0.05) is 25.9 Å². The lowest BCUT2D eigenvalue weighted by molar-refractivity contribution is 0.0952. The molecule has 0 atom stereocenters. The molecule has 7 heteroatoms. The molecule has 23 heavy (non-hydrogen) atoms. The maximum absolute atomic E-state index is 12.4. The Morgan fingerprint density at radius 2 is 2.17 bits per heavy atom. The van der Waals surface area contributed by atoms with E-state index >= 15 is 0 Å². The average molecular weight is 320 g/mol. The fraction of sp³-hybridized carbons (Fsp3) is 0.562. The van der Waals surface area contributed by atoms with Gasteiger partial charge in [-0.2, -0.15) is 0 Å². The van der Waals surface area contributed by atoms with Crippen molar-refractivity contribution in [2.24, 2.45) is 0 Å². The number of methoxy groups -OCH3 is 1. The number of pyridine rings is 1. The highest BCUT2D eigenvalue weighted by molar-refractivity contribution is 6.05. The molecule has 2 aromatic rings. The largest absolute Gasteiger partial charge is 0.383 e. The van der Waals surface area contributed by atoms with E-state index < -0.39 is 0 Å².